The number of rotatable bonds is 2. The smallest absolute Gasteiger partial charge is 0.255 e. The minimum atomic E-state index is 0.0268. The van der Waals surface area contributed by atoms with Gasteiger partial charge in [0.1, 0.15) is 0 Å². The van der Waals surface area contributed by atoms with Gasteiger partial charge in [0.25, 0.3) is 5.91 Å². The molecule has 6 nitrogen and oxygen atoms in total. The maximum Gasteiger partial charge on any atom is 0.255 e. The Morgan fingerprint density at radius 2 is 1.96 bits per heavy atom. The lowest BCUT2D eigenvalue weighted by molar-refractivity contribution is 0.0777. The van der Waals surface area contributed by atoms with Crippen molar-refractivity contribution in [2.24, 2.45) is 5.41 Å². The molecule has 4 rings (SSSR count). The maximum absolute atomic E-state index is 12.9. The van der Waals surface area contributed by atoms with Crippen molar-refractivity contribution in [3.05, 3.63) is 59.8 Å². The molecule has 0 saturated carbocycles. The Morgan fingerprint density at radius 3 is 2.75 bits per heavy atom. The molecule has 0 N–H and O–H groups in total. The number of carbonyl (C=O) groups is 1. The summed E-state index contributed by atoms with van der Waals surface area (Å²) in [6.07, 6.45) is 1.69. The summed E-state index contributed by atoms with van der Waals surface area (Å²) in [6, 6.07) is 14.0. The molecule has 3 heterocycles. The van der Waals surface area contributed by atoms with Crippen LogP contribution in [0.15, 0.2) is 48.7 Å². The van der Waals surface area contributed by atoms with Gasteiger partial charge < -0.3 is 4.90 Å². The lowest BCUT2D eigenvalue weighted by Crippen LogP contribution is -2.30. The van der Waals surface area contributed by atoms with E-state index >= 15 is 0 Å². The Balaban J connectivity index is 1.61. The number of hydrogen-bond donors (Lipinski definition) is 0. The second-order valence-electron chi connectivity index (χ2n) is 7.04. The molecule has 0 radical (unpaired) electrons. The number of amides is 1. The van der Waals surface area contributed by atoms with Crippen LogP contribution in [0.25, 0.3) is 5.65 Å². The Morgan fingerprint density at radius 1 is 1.17 bits per heavy atom. The van der Waals surface area contributed by atoms with Crippen LogP contribution in [0.4, 0.5) is 0 Å². The predicted octanol–water partition coefficient (Wildman–Crippen LogP) is 2.39. The standard InChI is InChI=1S/C18H19N5O/c1-18(2)12-22(11-15(18)13-6-4-3-5-7-13)17(24)14-8-9-16-19-20-21-23(16)10-14/h3-10,15H,11-12H2,1-2H3/t15-/m1/s1. The van der Waals surface area contributed by atoms with Crippen LogP contribution in [-0.2, 0) is 0 Å². The normalized spacial score (nSPS) is 19.8. The lowest BCUT2D eigenvalue weighted by Gasteiger charge is -2.25. The third-order valence-electron chi connectivity index (χ3n) is 4.87. The van der Waals surface area contributed by atoms with Crippen molar-refractivity contribution in [3.8, 4) is 0 Å². The second-order valence-corrected chi connectivity index (χ2v) is 7.04. The van der Waals surface area contributed by atoms with Crippen LogP contribution >= 0.6 is 0 Å². The fourth-order valence-electron chi connectivity index (χ4n) is 3.58. The van der Waals surface area contributed by atoms with Gasteiger partial charge >= 0.3 is 0 Å². The van der Waals surface area contributed by atoms with E-state index in [1.165, 1.54) is 10.1 Å². The summed E-state index contributed by atoms with van der Waals surface area (Å²) in [5.41, 5.74) is 2.57. The van der Waals surface area contributed by atoms with Crippen molar-refractivity contribution in [2.45, 2.75) is 19.8 Å². The number of fused-ring (bicyclic) bond motifs is 1. The molecule has 6 heteroatoms. The maximum atomic E-state index is 12.9. The van der Waals surface area contributed by atoms with Crippen molar-refractivity contribution < 1.29 is 4.79 Å². The Hall–Kier alpha value is -2.76. The second kappa shape index (κ2) is 5.40. The zero-order chi connectivity index (χ0) is 16.7. The molecular formula is C18H19N5O. The Labute approximate surface area is 140 Å². The van der Waals surface area contributed by atoms with Gasteiger partial charge in [0.15, 0.2) is 5.65 Å². The number of nitrogens with zero attached hydrogens (tertiary/aromatic N) is 5. The topological polar surface area (TPSA) is 63.4 Å². The highest BCUT2D eigenvalue weighted by molar-refractivity contribution is 5.94. The molecule has 0 spiro atoms. The molecule has 0 unspecified atom stereocenters. The molecule has 0 aliphatic carbocycles. The monoisotopic (exact) mass is 321 g/mol. The molecule has 1 aliphatic heterocycles. The van der Waals surface area contributed by atoms with Crippen LogP contribution in [0, 0.1) is 5.41 Å². The first-order valence-corrected chi connectivity index (χ1v) is 8.06. The van der Waals surface area contributed by atoms with E-state index < -0.39 is 0 Å². The highest BCUT2D eigenvalue weighted by Gasteiger charge is 2.42. The number of likely N-dealkylation sites (tertiary alicyclic amines) is 1. The third-order valence-corrected chi connectivity index (χ3v) is 4.87. The van der Waals surface area contributed by atoms with Gasteiger partial charge in [-0.15, -0.1) is 5.10 Å². The molecule has 0 bridgehead atoms. The molecule has 1 aliphatic rings. The van der Waals surface area contributed by atoms with Gasteiger partial charge in [0, 0.05) is 25.2 Å². The summed E-state index contributed by atoms with van der Waals surface area (Å²) in [4.78, 5) is 14.9. The minimum absolute atomic E-state index is 0.0268. The zero-order valence-electron chi connectivity index (χ0n) is 13.8. The Bertz CT molecular complexity index is 887. The van der Waals surface area contributed by atoms with Gasteiger partial charge in [-0.2, -0.15) is 4.52 Å². The number of benzene rings is 1. The van der Waals surface area contributed by atoms with E-state index in [2.05, 4.69) is 53.6 Å². The average molecular weight is 321 g/mol. The Kier molecular flexibility index (Phi) is 3.33. The van der Waals surface area contributed by atoms with Crippen molar-refractivity contribution in [1.82, 2.24) is 24.9 Å². The van der Waals surface area contributed by atoms with Gasteiger partial charge in [-0.3, -0.25) is 4.79 Å². The molecule has 1 saturated heterocycles. The summed E-state index contributed by atoms with van der Waals surface area (Å²) >= 11 is 0. The molecule has 2 aromatic heterocycles. The quantitative estimate of drug-likeness (QED) is 0.727. The first-order chi connectivity index (χ1) is 11.5. The van der Waals surface area contributed by atoms with Crippen molar-refractivity contribution in [1.29, 1.82) is 0 Å². The van der Waals surface area contributed by atoms with E-state index in [9.17, 15) is 4.79 Å². The van der Waals surface area contributed by atoms with E-state index in [1.54, 1.807) is 18.3 Å². The predicted molar refractivity (Wildman–Crippen MR) is 89.6 cm³/mol. The van der Waals surface area contributed by atoms with Crippen LogP contribution in [0.5, 0.6) is 0 Å². The van der Waals surface area contributed by atoms with Crippen molar-refractivity contribution >= 4 is 11.6 Å². The van der Waals surface area contributed by atoms with Crippen LogP contribution in [0.1, 0.15) is 35.7 Å². The summed E-state index contributed by atoms with van der Waals surface area (Å²) in [7, 11) is 0. The fourth-order valence-corrected chi connectivity index (χ4v) is 3.58. The summed E-state index contributed by atoms with van der Waals surface area (Å²) in [5.74, 6) is 0.360. The minimum Gasteiger partial charge on any atom is -0.337 e. The van der Waals surface area contributed by atoms with E-state index in [0.29, 0.717) is 17.1 Å². The van der Waals surface area contributed by atoms with E-state index in [4.69, 9.17) is 0 Å². The van der Waals surface area contributed by atoms with Gasteiger partial charge in [0.05, 0.1) is 5.56 Å². The summed E-state index contributed by atoms with van der Waals surface area (Å²) in [6.45, 7) is 5.91. The molecule has 1 atom stereocenters. The van der Waals surface area contributed by atoms with Gasteiger partial charge in [0.2, 0.25) is 0 Å². The van der Waals surface area contributed by atoms with E-state index in [1.807, 2.05) is 11.0 Å². The first-order valence-electron chi connectivity index (χ1n) is 8.06. The lowest BCUT2D eigenvalue weighted by atomic mass is 9.78. The number of pyridine rings is 1. The summed E-state index contributed by atoms with van der Waals surface area (Å²) < 4.78 is 1.53. The van der Waals surface area contributed by atoms with Crippen molar-refractivity contribution in [3.63, 3.8) is 0 Å². The van der Waals surface area contributed by atoms with Gasteiger partial charge in [-0.1, -0.05) is 44.2 Å². The van der Waals surface area contributed by atoms with Crippen LogP contribution in [-0.4, -0.2) is 43.9 Å². The number of hydrogen-bond acceptors (Lipinski definition) is 4. The highest BCUT2D eigenvalue weighted by atomic mass is 16.2. The SMILES string of the molecule is CC1(C)CN(C(=O)c2ccc3nnnn3c2)C[C@@H]1c1ccccc1. The van der Waals surface area contributed by atoms with Crippen molar-refractivity contribution in [2.75, 3.05) is 13.1 Å². The molecule has 1 amide bonds. The molecule has 1 fully saturated rings. The number of carbonyl (C=O) groups excluding carboxylic acids is 1. The highest BCUT2D eigenvalue weighted by Crippen LogP contribution is 2.42. The average Bonchev–Trinajstić information content (AvgIpc) is 3.17. The van der Waals surface area contributed by atoms with Crippen LogP contribution < -0.4 is 0 Å². The number of tetrazole rings is 1. The third kappa shape index (κ3) is 2.44. The summed E-state index contributed by atoms with van der Waals surface area (Å²) in [5, 5.41) is 11.3. The molecule has 122 valence electrons. The molecular weight excluding hydrogens is 302 g/mol. The first kappa shape index (κ1) is 14.8. The van der Waals surface area contributed by atoms with E-state index in [-0.39, 0.29) is 11.3 Å². The van der Waals surface area contributed by atoms with E-state index in [0.717, 1.165) is 13.1 Å². The van der Waals surface area contributed by atoms with Gasteiger partial charge in [-0.25, -0.2) is 0 Å². The number of aromatic nitrogens is 4. The molecule has 24 heavy (non-hydrogen) atoms. The largest absolute Gasteiger partial charge is 0.337 e. The molecule has 3 aromatic rings. The fraction of sp³-hybridized carbons (Fsp3) is 0.333. The zero-order valence-corrected chi connectivity index (χ0v) is 13.8. The molecule has 1 aromatic carbocycles. The van der Waals surface area contributed by atoms with Gasteiger partial charge in [-0.05, 0) is 33.5 Å². The van der Waals surface area contributed by atoms with Crippen LogP contribution in [0.2, 0.25) is 0 Å². The van der Waals surface area contributed by atoms with Crippen LogP contribution in [0.3, 0.4) is 0 Å².